The smallest absolute Gasteiger partial charge is 0.0407 e. The van der Waals surface area contributed by atoms with Gasteiger partial charge in [-0.15, -0.1) is 23.9 Å². The molecule has 0 amide bonds. The van der Waals surface area contributed by atoms with Crippen LogP contribution in [-0.4, -0.2) is 5.88 Å². The third-order valence-electron chi connectivity index (χ3n) is 0.925. The van der Waals surface area contributed by atoms with Crippen LogP contribution >= 0.6 is 11.6 Å². The van der Waals surface area contributed by atoms with Crippen molar-refractivity contribution >= 4 is 11.6 Å². The van der Waals surface area contributed by atoms with E-state index in [1.807, 2.05) is 32.1 Å². The van der Waals surface area contributed by atoms with E-state index in [9.17, 15) is 0 Å². The molecule has 0 fully saturated rings. The lowest BCUT2D eigenvalue weighted by Gasteiger charge is -1.83. The van der Waals surface area contributed by atoms with Gasteiger partial charge in [-0.3, -0.25) is 0 Å². The Balaban J connectivity index is 0. The molecule has 0 aliphatic rings. The predicted molar refractivity (Wildman–Crippen MR) is 53.8 cm³/mol. The zero-order chi connectivity index (χ0) is 9.11. The van der Waals surface area contributed by atoms with Crippen molar-refractivity contribution in [2.45, 2.75) is 20.8 Å². The van der Waals surface area contributed by atoms with E-state index in [-0.39, 0.29) is 0 Å². The van der Waals surface area contributed by atoms with Gasteiger partial charge in [-0.05, 0) is 20.8 Å². The van der Waals surface area contributed by atoms with Crippen molar-refractivity contribution in [2.75, 3.05) is 5.88 Å². The van der Waals surface area contributed by atoms with Gasteiger partial charge in [-0.2, -0.15) is 0 Å². The Hall–Kier alpha value is -0.670. The van der Waals surface area contributed by atoms with Crippen molar-refractivity contribution in [3.8, 4) is 12.3 Å². The molecule has 0 saturated heterocycles. The normalized spacial score (nSPS) is 10.3. The Morgan fingerprint density at radius 2 is 2.09 bits per heavy atom. The molecule has 0 rings (SSSR count). The van der Waals surface area contributed by atoms with Crippen LogP contribution in [0.1, 0.15) is 20.8 Å². The van der Waals surface area contributed by atoms with E-state index < -0.39 is 0 Å². The summed E-state index contributed by atoms with van der Waals surface area (Å²) in [6, 6.07) is 0. The van der Waals surface area contributed by atoms with Gasteiger partial charge >= 0.3 is 0 Å². The molecule has 0 aromatic rings. The molecule has 0 unspecified atom stereocenters. The zero-order valence-corrected chi connectivity index (χ0v) is 8.15. The molecule has 0 nitrogen and oxygen atoms in total. The highest BCUT2D eigenvalue weighted by Gasteiger charge is 1.73. The first kappa shape index (κ1) is 13.0. The summed E-state index contributed by atoms with van der Waals surface area (Å²) in [5.74, 6) is 2.85. The summed E-state index contributed by atoms with van der Waals surface area (Å²) in [7, 11) is 0. The molecule has 0 aromatic heterocycles. The SMILES string of the molecule is C#CC.C/C=C(C)\C=C/CCl. The Labute approximate surface area is 75.0 Å². The van der Waals surface area contributed by atoms with Crippen LogP contribution in [-0.2, 0) is 0 Å². The van der Waals surface area contributed by atoms with Crippen LogP contribution in [0, 0.1) is 12.3 Å². The molecule has 62 valence electrons. The van der Waals surface area contributed by atoms with Gasteiger partial charge in [0.15, 0.2) is 0 Å². The van der Waals surface area contributed by atoms with Crippen molar-refractivity contribution in [1.82, 2.24) is 0 Å². The minimum Gasteiger partial charge on any atom is -0.122 e. The molecular formula is C10H15Cl. The second kappa shape index (κ2) is 12.0. The van der Waals surface area contributed by atoms with Crippen molar-refractivity contribution in [3.05, 3.63) is 23.8 Å². The van der Waals surface area contributed by atoms with Crippen LogP contribution in [0.3, 0.4) is 0 Å². The van der Waals surface area contributed by atoms with Gasteiger partial charge < -0.3 is 0 Å². The largest absolute Gasteiger partial charge is 0.122 e. The summed E-state index contributed by atoms with van der Waals surface area (Å²) in [6.07, 6.45) is 10.6. The summed E-state index contributed by atoms with van der Waals surface area (Å²) in [4.78, 5) is 0. The number of alkyl halides is 1. The average Bonchev–Trinajstić information content (AvgIpc) is 2.02. The van der Waals surface area contributed by atoms with Crippen LogP contribution in [0.25, 0.3) is 0 Å². The molecule has 0 aliphatic carbocycles. The van der Waals surface area contributed by atoms with Gasteiger partial charge in [0.1, 0.15) is 0 Å². The van der Waals surface area contributed by atoms with Gasteiger partial charge in [0.2, 0.25) is 0 Å². The van der Waals surface area contributed by atoms with Gasteiger partial charge in [0.05, 0.1) is 0 Å². The summed E-state index contributed by atoms with van der Waals surface area (Å²) in [6.45, 7) is 5.71. The standard InChI is InChI=1S/C7H11Cl.C3H4/c1-3-7(2)5-4-6-8;1-3-2/h3-5H,6H2,1-2H3;1H,2H3/b5-4-,7-3-;. The van der Waals surface area contributed by atoms with E-state index >= 15 is 0 Å². The first-order valence-corrected chi connectivity index (χ1v) is 3.99. The lowest BCUT2D eigenvalue weighted by Crippen LogP contribution is -1.65. The van der Waals surface area contributed by atoms with Crippen molar-refractivity contribution in [2.24, 2.45) is 0 Å². The first-order chi connectivity index (χ1) is 5.22. The minimum absolute atomic E-state index is 0.602. The van der Waals surface area contributed by atoms with E-state index in [0.717, 1.165) is 0 Å². The summed E-state index contributed by atoms with van der Waals surface area (Å²) >= 11 is 5.39. The maximum Gasteiger partial charge on any atom is 0.0407 e. The van der Waals surface area contributed by atoms with Crippen molar-refractivity contribution in [1.29, 1.82) is 0 Å². The Kier molecular flexibility index (Phi) is 14.2. The van der Waals surface area contributed by atoms with Crippen LogP contribution in [0.5, 0.6) is 0 Å². The molecule has 0 heterocycles. The van der Waals surface area contributed by atoms with Crippen LogP contribution < -0.4 is 0 Å². The van der Waals surface area contributed by atoms with Crippen LogP contribution in [0.2, 0.25) is 0 Å². The Morgan fingerprint density at radius 1 is 1.64 bits per heavy atom. The Bertz CT molecular complexity index is 158. The molecule has 0 spiro atoms. The lowest BCUT2D eigenvalue weighted by atomic mass is 10.3. The molecule has 0 N–H and O–H groups in total. The first-order valence-electron chi connectivity index (χ1n) is 3.45. The molecule has 0 radical (unpaired) electrons. The maximum atomic E-state index is 5.39. The quantitative estimate of drug-likeness (QED) is 0.339. The molecular weight excluding hydrogens is 156 g/mol. The number of halogens is 1. The predicted octanol–water partition coefficient (Wildman–Crippen LogP) is 3.39. The molecule has 0 saturated carbocycles. The molecule has 0 atom stereocenters. The van der Waals surface area contributed by atoms with Gasteiger partial charge in [0, 0.05) is 5.88 Å². The molecule has 0 aromatic carbocycles. The number of rotatable bonds is 2. The third-order valence-corrected chi connectivity index (χ3v) is 1.10. The third kappa shape index (κ3) is 17.6. The Morgan fingerprint density at radius 3 is 2.36 bits per heavy atom. The monoisotopic (exact) mass is 170 g/mol. The van der Waals surface area contributed by atoms with Crippen LogP contribution in [0.4, 0.5) is 0 Å². The average molecular weight is 171 g/mol. The summed E-state index contributed by atoms with van der Waals surface area (Å²) in [5.41, 5.74) is 1.26. The van der Waals surface area contributed by atoms with Gasteiger partial charge in [-0.25, -0.2) is 0 Å². The molecule has 1 heteroatoms. The van der Waals surface area contributed by atoms with E-state index in [4.69, 9.17) is 11.6 Å². The summed E-state index contributed by atoms with van der Waals surface area (Å²) < 4.78 is 0. The summed E-state index contributed by atoms with van der Waals surface area (Å²) in [5, 5.41) is 0. The molecule has 11 heavy (non-hydrogen) atoms. The highest BCUT2D eigenvalue weighted by molar-refractivity contribution is 6.18. The van der Waals surface area contributed by atoms with Gasteiger partial charge in [0.25, 0.3) is 0 Å². The number of hydrogen-bond acceptors (Lipinski definition) is 0. The zero-order valence-electron chi connectivity index (χ0n) is 7.39. The number of hydrogen-bond donors (Lipinski definition) is 0. The second-order valence-corrected chi connectivity index (χ2v) is 2.19. The molecule has 0 aliphatic heterocycles. The number of terminal acetylenes is 1. The topological polar surface area (TPSA) is 0 Å². The van der Waals surface area contributed by atoms with Gasteiger partial charge in [-0.1, -0.05) is 23.8 Å². The second-order valence-electron chi connectivity index (χ2n) is 1.88. The van der Waals surface area contributed by atoms with E-state index in [2.05, 4.69) is 12.3 Å². The fourth-order valence-corrected chi connectivity index (χ4v) is 0.416. The minimum atomic E-state index is 0.602. The molecule has 0 bridgehead atoms. The maximum absolute atomic E-state index is 5.39. The number of allylic oxidation sites excluding steroid dienone is 4. The van der Waals surface area contributed by atoms with E-state index in [0.29, 0.717) is 5.88 Å². The highest BCUT2D eigenvalue weighted by Crippen LogP contribution is 1.93. The lowest BCUT2D eigenvalue weighted by molar-refractivity contribution is 1.46. The van der Waals surface area contributed by atoms with E-state index in [1.165, 1.54) is 5.57 Å². The highest BCUT2D eigenvalue weighted by atomic mass is 35.5. The van der Waals surface area contributed by atoms with Crippen LogP contribution in [0.15, 0.2) is 23.8 Å². The fraction of sp³-hybridized carbons (Fsp3) is 0.400. The van der Waals surface area contributed by atoms with Crippen molar-refractivity contribution in [3.63, 3.8) is 0 Å². The fourth-order valence-electron chi connectivity index (χ4n) is 0.327. The van der Waals surface area contributed by atoms with Crippen molar-refractivity contribution < 1.29 is 0 Å². The van der Waals surface area contributed by atoms with E-state index in [1.54, 1.807) is 6.92 Å².